The SMILES string of the molecule is CCNC(=NCc1nnc2n1CCCC2)NCc1ccc(C)s1. The Morgan fingerprint density at radius 3 is 3.00 bits per heavy atom. The van der Waals surface area contributed by atoms with Crippen molar-refractivity contribution in [3.05, 3.63) is 33.5 Å². The van der Waals surface area contributed by atoms with Crippen LogP contribution in [-0.4, -0.2) is 27.3 Å². The molecule has 124 valence electrons. The Balaban J connectivity index is 1.63. The molecule has 3 heterocycles. The maximum atomic E-state index is 4.66. The molecule has 0 spiro atoms. The predicted molar refractivity (Wildman–Crippen MR) is 93.7 cm³/mol. The van der Waals surface area contributed by atoms with Crippen molar-refractivity contribution in [2.24, 2.45) is 4.99 Å². The van der Waals surface area contributed by atoms with Crippen LogP contribution in [0.15, 0.2) is 17.1 Å². The molecule has 0 bridgehead atoms. The molecule has 0 fully saturated rings. The third-order valence-corrected chi connectivity index (χ3v) is 4.89. The van der Waals surface area contributed by atoms with Crippen LogP contribution in [0.2, 0.25) is 0 Å². The first-order valence-electron chi connectivity index (χ1n) is 8.24. The van der Waals surface area contributed by atoms with E-state index >= 15 is 0 Å². The number of thiophene rings is 1. The maximum Gasteiger partial charge on any atom is 0.191 e. The molecule has 23 heavy (non-hydrogen) atoms. The fraction of sp³-hybridized carbons (Fsp3) is 0.562. The molecule has 1 aliphatic heterocycles. The van der Waals surface area contributed by atoms with Gasteiger partial charge in [0.1, 0.15) is 12.4 Å². The fourth-order valence-corrected chi connectivity index (χ4v) is 3.56. The number of aryl methyl sites for hydroxylation is 2. The van der Waals surface area contributed by atoms with Crippen molar-refractivity contribution < 1.29 is 0 Å². The summed E-state index contributed by atoms with van der Waals surface area (Å²) in [4.78, 5) is 7.31. The smallest absolute Gasteiger partial charge is 0.191 e. The minimum atomic E-state index is 0.561. The number of hydrogen-bond acceptors (Lipinski definition) is 4. The van der Waals surface area contributed by atoms with E-state index in [0.29, 0.717) is 6.54 Å². The van der Waals surface area contributed by atoms with Crippen molar-refractivity contribution in [1.29, 1.82) is 0 Å². The fourth-order valence-electron chi connectivity index (χ4n) is 2.73. The van der Waals surface area contributed by atoms with Crippen LogP contribution in [0.1, 0.15) is 41.2 Å². The predicted octanol–water partition coefficient (Wildman–Crippen LogP) is 2.24. The summed E-state index contributed by atoms with van der Waals surface area (Å²) in [6.07, 6.45) is 3.45. The lowest BCUT2D eigenvalue weighted by atomic mass is 10.2. The van der Waals surface area contributed by atoms with Gasteiger partial charge >= 0.3 is 0 Å². The third kappa shape index (κ3) is 4.10. The van der Waals surface area contributed by atoms with Crippen molar-refractivity contribution in [3.63, 3.8) is 0 Å². The van der Waals surface area contributed by atoms with Crippen LogP contribution in [0.5, 0.6) is 0 Å². The molecule has 0 amide bonds. The Labute approximate surface area is 141 Å². The van der Waals surface area contributed by atoms with Gasteiger partial charge in [0.25, 0.3) is 0 Å². The average molecular weight is 332 g/mol. The Kier molecular flexibility index (Phi) is 5.27. The van der Waals surface area contributed by atoms with Crippen molar-refractivity contribution in [2.75, 3.05) is 6.54 Å². The van der Waals surface area contributed by atoms with Crippen LogP contribution >= 0.6 is 11.3 Å². The van der Waals surface area contributed by atoms with Crippen molar-refractivity contribution in [3.8, 4) is 0 Å². The molecule has 0 unspecified atom stereocenters. The Morgan fingerprint density at radius 2 is 2.22 bits per heavy atom. The number of aromatic nitrogens is 3. The normalized spacial score (nSPS) is 14.6. The molecule has 3 rings (SSSR count). The highest BCUT2D eigenvalue weighted by Gasteiger charge is 2.15. The van der Waals surface area contributed by atoms with Gasteiger partial charge in [0.05, 0.1) is 6.54 Å². The van der Waals surface area contributed by atoms with Crippen LogP contribution in [-0.2, 0) is 26.1 Å². The van der Waals surface area contributed by atoms with Crippen LogP contribution in [0.4, 0.5) is 0 Å². The molecule has 0 saturated heterocycles. The molecular formula is C16H24N6S. The van der Waals surface area contributed by atoms with Gasteiger partial charge < -0.3 is 15.2 Å². The number of aliphatic imine (C=N–C) groups is 1. The number of nitrogens with one attached hydrogen (secondary N) is 2. The van der Waals surface area contributed by atoms with Crippen LogP contribution in [0, 0.1) is 6.92 Å². The summed E-state index contributed by atoms with van der Waals surface area (Å²) in [6.45, 7) is 7.42. The lowest BCUT2D eigenvalue weighted by molar-refractivity contribution is 0.508. The topological polar surface area (TPSA) is 67.1 Å². The summed E-state index contributed by atoms with van der Waals surface area (Å²) < 4.78 is 2.22. The number of nitrogens with zero attached hydrogens (tertiary/aromatic N) is 4. The first-order chi connectivity index (χ1) is 11.3. The van der Waals surface area contributed by atoms with Gasteiger partial charge in [0.15, 0.2) is 11.8 Å². The average Bonchev–Trinajstić information content (AvgIpc) is 3.16. The number of hydrogen-bond donors (Lipinski definition) is 2. The number of rotatable bonds is 5. The van der Waals surface area contributed by atoms with Gasteiger partial charge in [-0.05, 0) is 38.8 Å². The first-order valence-corrected chi connectivity index (χ1v) is 9.06. The Hall–Kier alpha value is -1.89. The second-order valence-electron chi connectivity index (χ2n) is 5.70. The molecular weight excluding hydrogens is 308 g/mol. The second-order valence-corrected chi connectivity index (χ2v) is 7.07. The minimum Gasteiger partial charge on any atom is -0.357 e. The van der Waals surface area contributed by atoms with E-state index in [4.69, 9.17) is 0 Å². The highest BCUT2D eigenvalue weighted by atomic mass is 32.1. The van der Waals surface area contributed by atoms with Gasteiger partial charge in [0, 0.05) is 29.3 Å². The first kappa shape index (κ1) is 16.0. The van der Waals surface area contributed by atoms with Crippen molar-refractivity contribution in [2.45, 2.75) is 52.7 Å². The largest absolute Gasteiger partial charge is 0.357 e. The molecule has 0 radical (unpaired) electrons. The Bertz CT molecular complexity index is 672. The van der Waals surface area contributed by atoms with E-state index in [0.717, 1.165) is 43.7 Å². The van der Waals surface area contributed by atoms with E-state index in [1.54, 1.807) is 0 Å². The van der Waals surface area contributed by atoms with Gasteiger partial charge in [0.2, 0.25) is 0 Å². The third-order valence-electron chi connectivity index (χ3n) is 3.89. The van der Waals surface area contributed by atoms with Crippen LogP contribution in [0.25, 0.3) is 0 Å². The van der Waals surface area contributed by atoms with Gasteiger partial charge in [-0.15, -0.1) is 21.5 Å². The lowest BCUT2D eigenvalue weighted by Gasteiger charge is -2.14. The van der Waals surface area contributed by atoms with E-state index in [1.165, 1.54) is 22.6 Å². The van der Waals surface area contributed by atoms with E-state index in [-0.39, 0.29) is 0 Å². The van der Waals surface area contributed by atoms with Crippen LogP contribution < -0.4 is 10.6 Å². The second kappa shape index (κ2) is 7.59. The van der Waals surface area contributed by atoms with Gasteiger partial charge in [-0.1, -0.05) is 0 Å². The number of fused-ring (bicyclic) bond motifs is 1. The maximum absolute atomic E-state index is 4.66. The summed E-state index contributed by atoms with van der Waals surface area (Å²) >= 11 is 1.81. The summed E-state index contributed by atoms with van der Waals surface area (Å²) in [7, 11) is 0. The van der Waals surface area contributed by atoms with E-state index < -0.39 is 0 Å². The summed E-state index contributed by atoms with van der Waals surface area (Å²) in [5.41, 5.74) is 0. The molecule has 2 aromatic heterocycles. The van der Waals surface area contributed by atoms with Gasteiger partial charge in [-0.2, -0.15) is 0 Å². The zero-order chi connectivity index (χ0) is 16.1. The highest BCUT2D eigenvalue weighted by Crippen LogP contribution is 2.15. The van der Waals surface area contributed by atoms with Crippen molar-refractivity contribution in [1.82, 2.24) is 25.4 Å². The van der Waals surface area contributed by atoms with E-state index in [2.05, 4.69) is 56.4 Å². The quantitative estimate of drug-likeness (QED) is 0.651. The zero-order valence-corrected chi connectivity index (χ0v) is 14.6. The molecule has 1 aliphatic rings. The van der Waals surface area contributed by atoms with E-state index in [1.807, 2.05) is 11.3 Å². The summed E-state index contributed by atoms with van der Waals surface area (Å²) in [5.74, 6) is 2.89. The van der Waals surface area contributed by atoms with Crippen molar-refractivity contribution >= 4 is 17.3 Å². The summed E-state index contributed by atoms with van der Waals surface area (Å²) in [5, 5.41) is 15.3. The molecule has 0 atom stereocenters. The molecule has 0 aromatic carbocycles. The molecule has 7 heteroatoms. The molecule has 0 saturated carbocycles. The minimum absolute atomic E-state index is 0.561. The monoisotopic (exact) mass is 332 g/mol. The Morgan fingerprint density at radius 1 is 1.30 bits per heavy atom. The molecule has 2 aromatic rings. The molecule has 2 N–H and O–H groups in total. The van der Waals surface area contributed by atoms with Gasteiger partial charge in [-0.25, -0.2) is 4.99 Å². The zero-order valence-electron chi connectivity index (χ0n) is 13.8. The number of guanidine groups is 1. The van der Waals surface area contributed by atoms with E-state index in [9.17, 15) is 0 Å². The molecule has 6 nitrogen and oxygen atoms in total. The lowest BCUT2D eigenvalue weighted by Crippen LogP contribution is -2.36. The van der Waals surface area contributed by atoms with Crippen LogP contribution in [0.3, 0.4) is 0 Å². The standard InChI is InChI=1S/C16H24N6S/c1-3-17-16(18-10-13-8-7-12(2)23-13)19-11-15-21-20-14-6-4-5-9-22(14)15/h7-8H,3-6,9-11H2,1-2H3,(H2,17,18,19). The highest BCUT2D eigenvalue weighted by molar-refractivity contribution is 7.11. The summed E-state index contributed by atoms with van der Waals surface area (Å²) in [6, 6.07) is 4.31. The van der Waals surface area contributed by atoms with Gasteiger partial charge in [-0.3, -0.25) is 0 Å². The molecule has 0 aliphatic carbocycles.